The highest BCUT2D eigenvalue weighted by Gasteiger charge is 2.05. The Morgan fingerprint density at radius 2 is 2.35 bits per heavy atom. The number of fused-ring (bicyclic) bond motifs is 1. The molecule has 0 saturated heterocycles. The molecule has 90 valence electrons. The van der Waals surface area contributed by atoms with Crippen molar-refractivity contribution in [2.24, 2.45) is 0 Å². The van der Waals surface area contributed by atoms with E-state index in [1.165, 1.54) is 0 Å². The van der Waals surface area contributed by atoms with Crippen LogP contribution in [0.25, 0.3) is 5.65 Å². The van der Waals surface area contributed by atoms with Gasteiger partial charge in [0.15, 0.2) is 5.65 Å². The predicted molar refractivity (Wildman–Crippen MR) is 65.2 cm³/mol. The van der Waals surface area contributed by atoms with Gasteiger partial charge >= 0.3 is 0 Å². The third kappa shape index (κ3) is 2.85. The summed E-state index contributed by atoms with van der Waals surface area (Å²) in [5.74, 6) is 0.308. The molecule has 0 aliphatic rings. The second-order valence-corrected chi connectivity index (χ2v) is 3.83. The molecule has 7 heteroatoms. The van der Waals surface area contributed by atoms with Gasteiger partial charge in [0.25, 0.3) is 0 Å². The quantitative estimate of drug-likeness (QED) is 0.850. The Bertz CT molecular complexity index is 538. The Kier molecular flexibility index (Phi) is 3.43. The minimum Gasteiger partial charge on any atom is -0.355 e. The summed E-state index contributed by atoms with van der Waals surface area (Å²) in [5, 5.41) is 10.2. The molecule has 0 fully saturated rings. The molecule has 0 aliphatic carbocycles. The Balaban J connectivity index is 2.07. The van der Waals surface area contributed by atoms with Gasteiger partial charge in [-0.25, -0.2) is 4.52 Å². The molecule has 1 amide bonds. The Morgan fingerprint density at radius 3 is 3.12 bits per heavy atom. The number of nitrogens with zero attached hydrogens (tertiary/aromatic N) is 3. The summed E-state index contributed by atoms with van der Waals surface area (Å²) in [4.78, 5) is 15.4. The normalized spacial score (nSPS) is 10.5. The van der Waals surface area contributed by atoms with E-state index in [0.29, 0.717) is 23.2 Å². The molecule has 17 heavy (non-hydrogen) atoms. The predicted octanol–water partition coefficient (Wildman–Crippen LogP) is 0.931. The van der Waals surface area contributed by atoms with Gasteiger partial charge in [-0.3, -0.25) is 4.79 Å². The van der Waals surface area contributed by atoms with E-state index in [1.54, 1.807) is 22.8 Å². The van der Waals surface area contributed by atoms with Crippen molar-refractivity contribution >= 4 is 29.1 Å². The van der Waals surface area contributed by atoms with Gasteiger partial charge in [0.2, 0.25) is 11.9 Å². The van der Waals surface area contributed by atoms with Crippen molar-refractivity contribution in [3.05, 3.63) is 23.4 Å². The number of anilines is 1. The van der Waals surface area contributed by atoms with Crippen LogP contribution in [0.4, 0.5) is 5.95 Å². The molecule has 2 rings (SSSR count). The highest BCUT2D eigenvalue weighted by atomic mass is 35.5. The number of halogens is 1. The van der Waals surface area contributed by atoms with E-state index in [0.717, 1.165) is 0 Å². The average Bonchev–Trinajstić information content (AvgIpc) is 2.68. The van der Waals surface area contributed by atoms with Crippen LogP contribution in [0.15, 0.2) is 18.3 Å². The summed E-state index contributed by atoms with van der Waals surface area (Å²) >= 11 is 5.82. The van der Waals surface area contributed by atoms with Crippen LogP contribution in [0.2, 0.25) is 5.02 Å². The maximum absolute atomic E-state index is 11.2. The summed E-state index contributed by atoms with van der Waals surface area (Å²) in [5.41, 5.74) is 0.674. The molecule has 0 spiro atoms. The van der Waals surface area contributed by atoms with E-state index in [9.17, 15) is 4.79 Å². The lowest BCUT2D eigenvalue weighted by atomic mass is 10.5. The lowest BCUT2D eigenvalue weighted by molar-refractivity contribution is -0.119. The minimum absolute atomic E-state index is 0.0932. The van der Waals surface area contributed by atoms with Gasteiger partial charge in [-0.1, -0.05) is 11.6 Å². The second-order valence-electron chi connectivity index (χ2n) is 3.39. The number of rotatable bonds is 4. The van der Waals surface area contributed by atoms with Gasteiger partial charge in [0, 0.05) is 12.7 Å². The van der Waals surface area contributed by atoms with Crippen molar-refractivity contribution in [3.8, 4) is 0 Å². The zero-order valence-electron chi connectivity index (χ0n) is 9.27. The number of carbonyl (C=O) groups is 1. The molecular weight excluding hydrogens is 242 g/mol. The van der Waals surface area contributed by atoms with Gasteiger partial charge in [-0.05, 0) is 19.1 Å². The number of pyridine rings is 1. The van der Waals surface area contributed by atoms with Crippen molar-refractivity contribution in [2.45, 2.75) is 6.92 Å². The van der Waals surface area contributed by atoms with E-state index >= 15 is 0 Å². The van der Waals surface area contributed by atoms with Gasteiger partial charge in [-0.15, -0.1) is 5.10 Å². The lowest BCUT2D eigenvalue weighted by Crippen LogP contribution is -2.29. The Labute approximate surface area is 103 Å². The van der Waals surface area contributed by atoms with Crippen molar-refractivity contribution in [1.29, 1.82) is 0 Å². The van der Waals surface area contributed by atoms with Crippen LogP contribution in [0.5, 0.6) is 0 Å². The molecule has 0 radical (unpaired) electrons. The standard InChI is InChI=1S/C10H12ClN5O/c1-2-12-9(17)5-13-10-14-8-4-3-7(11)6-16(8)15-10/h3-4,6H,2,5H2,1H3,(H,12,17)(H,13,15). The van der Waals surface area contributed by atoms with Gasteiger partial charge in [0.05, 0.1) is 11.6 Å². The van der Waals surface area contributed by atoms with Crippen LogP contribution in [-0.4, -0.2) is 33.6 Å². The molecule has 0 aliphatic heterocycles. The van der Waals surface area contributed by atoms with Crippen LogP contribution in [-0.2, 0) is 4.79 Å². The van der Waals surface area contributed by atoms with E-state index in [-0.39, 0.29) is 12.5 Å². The molecular formula is C10H12ClN5O. The fraction of sp³-hybridized carbons (Fsp3) is 0.300. The van der Waals surface area contributed by atoms with Gasteiger partial charge < -0.3 is 10.6 Å². The zero-order valence-corrected chi connectivity index (χ0v) is 10.0. The first kappa shape index (κ1) is 11.7. The summed E-state index contributed by atoms with van der Waals surface area (Å²) in [6.07, 6.45) is 1.65. The number of amides is 1. The lowest BCUT2D eigenvalue weighted by Gasteiger charge is -2.01. The van der Waals surface area contributed by atoms with Crippen molar-refractivity contribution in [1.82, 2.24) is 19.9 Å². The topological polar surface area (TPSA) is 71.3 Å². The highest BCUT2D eigenvalue weighted by Crippen LogP contribution is 2.10. The van der Waals surface area contributed by atoms with E-state index in [1.807, 2.05) is 6.92 Å². The van der Waals surface area contributed by atoms with Gasteiger partial charge in [0.1, 0.15) is 0 Å². The highest BCUT2D eigenvalue weighted by molar-refractivity contribution is 6.30. The van der Waals surface area contributed by atoms with Crippen LogP contribution in [0.3, 0.4) is 0 Å². The molecule has 2 aromatic heterocycles. The zero-order chi connectivity index (χ0) is 12.3. The summed E-state index contributed by atoms with van der Waals surface area (Å²) in [6.45, 7) is 2.62. The van der Waals surface area contributed by atoms with Crippen molar-refractivity contribution in [2.75, 3.05) is 18.4 Å². The van der Waals surface area contributed by atoms with E-state index in [4.69, 9.17) is 11.6 Å². The van der Waals surface area contributed by atoms with Crippen molar-refractivity contribution < 1.29 is 4.79 Å². The molecule has 6 nitrogen and oxygen atoms in total. The molecule has 0 aromatic carbocycles. The Hall–Kier alpha value is -1.82. The monoisotopic (exact) mass is 253 g/mol. The molecule has 2 N–H and O–H groups in total. The summed E-state index contributed by atoms with van der Waals surface area (Å²) in [6, 6.07) is 3.49. The number of hydrogen-bond donors (Lipinski definition) is 2. The van der Waals surface area contributed by atoms with Gasteiger partial charge in [-0.2, -0.15) is 4.98 Å². The van der Waals surface area contributed by atoms with E-state index < -0.39 is 0 Å². The van der Waals surface area contributed by atoms with E-state index in [2.05, 4.69) is 20.7 Å². The average molecular weight is 254 g/mol. The largest absolute Gasteiger partial charge is 0.355 e. The maximum Gasteiger partial charge on any atom is 0.243 e. The number of hydrogen-bond acceptors (Lipinski definition) is 4. The molecule has 0 atom stereocenters. The molecule has 0 saturated carbocycles. The first-order chi connectivity index (χ1) is 8.19. The van der Waals surface area contributed by atoms with Crippen LogP contribution in [0, 0.1) is 0 Å². The molecule has 2 heterocycles. The fourth-order valence-electron chi connectivity index (χ4n) is 1.35. The third-order valence-corrected chi connectivity index (χ3v) is 2.30. The summed E-state index contributed by atoms with van der Waals surface area (Å²) in [7, 11) is 0. The number of nitrogens with one attached hydrogen (secondary N) is 2. The third-order valence-electron chi connectivity index (χ3n) is 2.08. The molecule has 0 unspecified atom stereocenters. The molecule has 0 bridgehead atoms. The first-order valence-electron chi connectivity index (χ1n) is 5.21. The van der Waals surface area contributed by atoms with Crippen LogP contribution in [0.1, 0.15) is 6.92 Å². The van der Waals surface area contributed by atoms with Crippen LogP contribution < -0.4 is 10.6 Å². The SMILES string of the molecule is CCNC(=O)CNc1nc2ccc(Cl)cn2n1. The second kappa shape index (κ2) is 5.01. The number of carbonyl (C=O) groups excluding carboxylic acids is 1. The fourth-order valence-corrected chi connectivity index (χ4v) is 1.51. The number of likely N-dealkylation sites (N-methyl/N-ethyl adjacent to an activating group) is 1. The number of aromatic nitrogens is 3. The Morgan fingerprint density at radius 1 is 1.53 bits per heavy atom. The minimum atomic E-state index is -0.0932. The van der Waals surface area contributed by atoms with Crippen molar-refractivity contribution in [3.63, 3.8) is 0 Å². The maximum atomic E-state index is 11.2. The molecule has 2 aromatic rings. The van der Waals surface area contributed by atoms with Crippen LogP contribution >= 0.6 is 11.6 Å². The first-order valence-corrected chi connectivity index (χ1v) is 5.59. The smallest absolute Gasteiger partial charge is 0.243 e. The summed E-state index contributed by atoms with van der Waals surface area (Å²) < 4.78 is 1.56.